The second-order valence-corrected chi connectivity index (χ2v) is 6.74. The van der Waals surface area contributed by atoms with Crippen molar-refractivity contribution in [3.8, 4) is 5.69 Å². The van der Waals surface area contributed by atoms with Crippen LogP contribution in [0.3, 0.4) is 0 Å². The number of aromatic carboxylic acids is 1. The highest BCUT2D eigenvalue weighted by Gasteiger charge is 2.25. The van der Waals surface area contributed by atoms with Crippen molar-refractivity contribution in [3.63, 3.8) is 0 Å². The van der Waals surface area contributed by atoms with Crippen LogP contribution in [0.25, 0.3) is 11.3 Å². The van der Waals surface area contributed by atoms with E-state index < -0.39 is 5.97 Å². The van der Waals surface area contributed by atoms with Crippen LogP contribution < -0.4 is 0 Å². The lowest BCUT2D eigenvalue weighted by Crippen LogP contribution is -2.02. The Morgan fingerprint density at radius 1 is 1.30 bits per heavy atom. The zero-order valence-corrected chi connectivity index (χ0v) is 14.5. The molecule has 0 amide bonds. The lowest BCUT2D eigenvalue weighted by Gasteiger charge is -2.07. The number of hydrogen-bond acceptors (Lipinski definition) is 6. The Balaban J connectivity index is 1.58. The quantitative estimate of drug-likeness (QED) is 0.569. The van der Waals surface area contributed by atoms with Crippen LogP contribution in [-0.2, 0) is 6.54 Å². The van der Waals surface area contributed by atoms with E-state index in [2.05, 4.69) is 32.7 Å². The highest BCUT2D eigenvalue weighted by atomic mass is 16.4. The fourth-order valence-corrected chi connectivity index (χ4v) is 3.14. The van der Waals surface area contributed by atoms with Crippen molar-refractivity contribution in [2.24, 2.45) is 0 Å². The Labute approximate surface area is 153 Å². The number of fused-ring (bicyclic) bond motifs is 1. The van der Waals surface area contributed by atoms with E-state index in [1.165, 1.54) is 29.3 Å². The smallest absolute Gasteiger partial charge is 0.358 e. The number of rotatable bonds is 5. The monoisotopic (exact) mass is 364 g/mol. The van der Waals surface area contributed by atoms with Gasteiger partial charge >= 0.3 is 5.97 Å². The minimum atomic E-state index is -1.10. The van der Waals surface area contributed by atoms with Crippen LogP contribution >= 0.6 is 0 Å². The first-order valence-electron chi connectivity index (χ1n) is 8.60. The molecule has 0 aromatic carbocycles. The first-order chi connectivity index (χ1) is 13.1. The first kappa shape index (κ1) is 15.7. The molecule has 1 saturated carbocycles. The summed E-state index contributed by atoms with van der Waals surface area (Å²) in [5.41, 5.74) is 3.55. The predicted molar refractivity (Wildman–Crippen MR) is 92.9 cm³/mol. The molecule has 1 fully saturated rings. The van der Waals surface area contributed by atoms with Gasteiger partial charge in [0.15, 0.2) is 11.3 Å². The standard InChI is InChI=1S/C17H16N8O2/c1-10-18-9-25(21-10)15-4-12(11-2-3-11)5-23-6-13(19-16(15)23)7-24-8-14(17(26)27)20-22-24/h4-6,8-9,11H,2-3,7H2,1H3,(H,26,27). The predicted octanol–water partition coefficient (Wildman–Crippen LogP) is 1.44. The topological polar surface area (TPSA) is 116 Å². The average Bonchev–Trinajstić information content (AvgIpc) is 3.02. The van der Waals surface area contributed by atoms with Crippen LogP contribution in [0.4, 0.5) is 0 Å². The Kier molecular flexibility index (Phi) is 3.33. The molecule has 0 spiro atoms. The van der Waals surface area contributed by atoms with E-state index in [4.69, 9.17) is 10.1 Å². The second-order valence-electron chi connectivity index (χ2n) is 6.74. The third-order valence-corrected chi connectivity index (χ3v) is 4.59. The van der Waals surface area contributed by atoms with Gasteiger partial charge in [0, 0.05) is 12.4 Å². The summed E-state index contributed by atoms with van der Waals surface area (Å²) >= 11 is 0. The van der Waals surface area contributed by atoms with Crippen molar-refractivity contribution in [3.05, 3.63) is 53.8 Å². The average molecular weight is 364 g/mol. The Morgan fingerprint density at radius 3 is 2.81 bits per heavy atom. The zero-order chi connectivity index (χ0) is 18.5. The fourth-order valence-electron chi connectivity index (χ4n) is 3.14. The maximum Gasteiger partial charge on any atom is 0.358 e. The summed E-state index contributed by atoms with van der Waals surface area (Å²) in [4.78, 5) is 19.9. The van der Waals surface area contributed by atoms with E-state index in [0.29, 0.717) is 18.3 Å². The molecule has 4 aromatic heterocycles. The molecule has 1 aliphatic carbocycles. The van der Waals surface area contributed by atoms with E-state index in [1.807, 2.05) is 17.5 Å². The molecule has 27 heavy (non-hydrogen) atoms. The number of carbonyl (C=O) groups is 1. The molecule has 1 N–H and O–H groups in total. The summed E-state index contributed by atoms with van der Waals surface area (Å²) < 4.78 is 5.20. The van der Waals surface area contributed by atoms with Gasteiger partial charge in [-0.3, -0.25) is 0 Å². The second kappa shape index (κ2) is 5.73. The van der Waals surface area contributed by atoms with Gasteiger partial charge in [0.25, 0.3) is 0 Å². The van der Waals surface area contributed by atoms with Gasteiger partial charge in [-0.05, 0) is 37.3 Å². The summed E-state index contributed by atoms with van der Waals surface area (Å²) in [5.74, 6) is 0.173. The third kappa shape index (κ3) is 2.84. The minimum absolute atomic E-state index is 0.0893. The molecule has 4 heterocycles. The minimum Gasteiger partial charge on any atom is -0.476 e. The number of aromatic nitrogens is 8. The van der Waals surface area contributed by atoms with E-state index in [-0.39, 0.29) is 5.69 Å². The maximum atomic E-state index is 11.0. The molecule has 5 rings (SSSR count). The van der Waals surface area contributed by atoms with Crippen LogP contribution in [0.2, 0.25) is 0 Å². The molecule has 0 radical (unpaired) electrons. The Hall–Kier alpha value is -3.56. The maximum absolute atomic E-state index is 11.0. The van der Waals surface area contributed by atoms with Crippen molar-refractivity contribution in [2.75, 3.05) is 0 Å². The van der Waals surface area contributed by atoms with E-state index >= 15 is 0 Å². The Bertz CT molecular complexity index is 1170. The number of aryl methyl sites for hydroxylation is 1. The van der Waals surface area contributed by atoms with Gasteiger partial charge in [-0.15, -0.1) is 5.10 Å². The van der Waals surface area contributed by atoms with Gasteiger partial charge in [0.1, 0.15) is 17.8 Å². The molecule has 136 valence electrons. The van der Waals surface area contributed by atoms with Gasteiger partial charge in [-0.1, -0.05) is 5.21 Å². The summed E-state index contributed by atoms with van der Waals surface area (Å²) in [6.45, 7) is 2.18. The highest BCUT2D eigenvalue weighted by molar-refractivity contribution is 5.84. The van der Waals surface area contributed by atoms with Crippen LogP contribution in [0.15, 0.2) is 31.0 Å². The molecule has 0 atom stereocenters. The van der Waals surface area contributed by atoms with Gasteiger partial charge < -0.3 is 9.51 Å². The molecule has 10 nitrogen and oxygen atoms in total. The number of carboxylic acid groups (broad SMARTS) is 1. The molecule has 1 aliphatic rings. The lowest BCUT2D eigenvalue weighted by molar-refractivity contribution is 0.0690. The van der Waals surface area contributed by atoms with Crippen LogP contribution in [-0.4, -0.2) is 50.2 Å². The number of imidazole rings is 1. The van der Waals surface area contributed by atoms with Crippen LogP contribution in [0.1, 0.15) is 46.3 Å². The normalized spacial score (nSPS) is 14.1. The van der Waals surface area contributed by atoms with E-state index in [0.717, 1.165) is 17.0 Å². The molecule has 0 unspecified atom stereocenters. The summed E-state index contributed by atoms with van der Waals surface area (Å²) in [7, 11) is 0. The molecular formula is C17H16N8O2. The van der Waals surface area contributed by atoms with Gasteiger partial charge in [0.05, 0.1) is 18.4 Å². The number of carboxylic acids is 1. The van der Waals surface area contributed by atoms with Crippen molar-refractivity contribution in [1.29, 1.82) is 0 Å². The number of pyridine rings is 1. The first-order valence-corrected chi connectivity index (χ1v) is 8.60. The van der Waals surface area contributed by atoms with Gasteiger partial charge in [-0.25, -0.2) is 24.1 Å². The highest BCUT2D eigenvalue weighted by Crippen LogP contribution is 2.41. The molecule has 10 heteroatoms. The number of hydrogen-bond donors (Lipinski definition) is 1. The molecule has 0 aliphatic heterocycles. The Morgan fingerprint density at radius 2 is 2.15 bits per heavy atom. The summed E-state index contributed by atoms with van der Waals surface area (Å²) in [5, 5.41) is 20.9. The summed E-state index contributed by atoms with van der Waals surface area (Å²) in [6, 6.07) is 2.12. The zero-order valence-electron chi connectivity index (χ0n) is 14.5. The summed E-state index contributed by atoms with van der Waals surface area (Å²) in [6.07, 6.45) is 9.49. The van der Waals surface area contributed by atoms with E-state index in [9.17, 15) is 4.79 Å². The molecule has 0 bridgehead atoms. The van der Waals surface area contributed by atoms with Crippen LogP contribution in [0.5, 0.6) is 0 Å². The molecule has 0 saturated heterocycles. The van der Waals surface area contributed by atoms with Crippen molar-refractivity contribution < 1.29 is 9.90 Å². The SMILES string of the molecule is Cc1ncn(-c2cc(C3CC3)cn3cc(Cn4cc(C(=O)O)nn4)nc23)n1. The lowest BCUT2D eigenvalue weighted by atomic mass is 10.2. The van der Waals surface area contributed by atoms with E-state index in [1.54, 1.807) is 11.0 Å². The fraction of sp³-hybridized carbons (Fsp3) is 0.294. The molecule has 4 aromatic rings. The van der Waals surface area contributed by atoms with Crippen LogP contribution in [0, 0.1) is 6.92 Å². The third-order valence-electron chi connectivity index (χ3n) is 4.59. The largest absolute Gasteiger partial charge is 0.476 e. The van der Waals surface area contributed by atoms with Crippen molar-refractivity contribution in [1.82, 2.24) is 39.1 Å². The molecular weight excluding hydrogens is 348 g/mol. The van der Waals surface area contributed by atoms with Gasteiger partial charge in [-0.2, -0.15) is 5.10 Å². The number of nitrogens with zero attached hydrogens (tertiary/aromatic N) is 8. The van der Waals surface area contributed by atoms with Gasteiger partial charge in [0.2, 0.25) is 0 Å². The van der Waals surface area contributed by atoms with Crippen molar-refractivity contribution >= 4 is 11.6 Å². The van der Waals surface area contributed by atoms with Crippen molar-refractivity contribution in [2.45, 2.75) is 32.2 Å².